The summed E-state index contributed by atoms with van der Waals surface area (Å²) < 4.78 is 23.6. The molecule has 3 N–H and O–H groups in total. The van der Waals surface area contributed by atoms with Crippen LogP contribution in [0.25, 0.3) is 0 Å². The second kappa shape index (κ2) is 24.1. The van der Waals surface area contributed by atoms with Crippen molar-refractivity contribution in [3.8, 4) is 0 Å². The third-order valence-electron chi connectivity index (χ3n) is 13.8. The minimum Gasteiger partial charge on any atom is -0.460 e. The molecule has 4 rings (SSSR count). The van der Waals surface area contributed by atoms with Gasteiger partial charge in [0.2, 0.25) is 5.79 Å². The summed E-state index contributed by atoms with van der Waals surface area (Å²) in [5.41, 5.74) is 1.39. The maximum Gasteiger partial charge on any atom is 0.329 e. The quantitative estimate of drug-likeness (QED) is 0.159. The molecule has 4 aliphatic rings. The maximum atomic E-state index is 14.2. The molecule has 3 fully saturated rings. The highest BCUT2D eigenvalue weighted by Gasteiger charge is 2.53. The molecule has 0 aromatic rings. The summed E-state index contributed by atoms with van der Waals surface area (Å²) in [6.07, 6.45) is 13.4. The molecule has 1 saturated carbocycles. The molecule has 2 saturated heterocycles. The van der Waals surface area contributed by atoms with Crippen LogP contribution < -0.4 is 0 Å². The van der Waals surface area contributed by atoms with Gasteiger partial charge in [-0.05, 0) is 107 Å². The Bertz CT molecular complexity index is 1670. The fraction of sp³-hybridized carbons (Fsp3) is 0.735. The first-order valence-electron chi connectivity index (χ1n) is 23.0. The largest absolute Gasteiger partial charge is 0.460 e. The molecule has 1 amide bonds. The summed E-state index contributed by atoms with van der Waals surface area (Å²) in [6.45, 7) is 11.0. The lowest BCUT2D eigenvalue weighted by atomic mass is 9.81. The van der Waals surface area contributed by atoms with Crippen LogP contribution in [-0.2, 0) is 42.9 Å². The molecule has 0 unspecified atom stereocenters. The van der Waals surface area contributed by atoms with Crippen LogP contribution >= 0.6 is 0 Å². The normalized spacial score (nSPS) is 40.0. The lowest BCUT2D eigenvalue weighted by Crippen LogP contribution is -2.60. The van der Waals surface area contributed by atoms with Crippen molar-refractivity contribution in [2.45, 2.75) is 180 Å². The Balaban J connectivity index is 1.64. The number of amides is 1. The molecule has 3 aliphatic heterocycles. The first-order chi connectivity index (χ1) is 29.4. The Labute approximate surface area is 369 Å². The Morgan fingerprint density at radius 1 is 0.806 bits per heavy atom. The lowest BCUT2D eigenvalue weighted by Gasteiger charge is -2.42. The standard InChI is InChI=1S/C49H75NO12/c1-30-14-10-9-11-15-31(2)44(59-7)28-38-20-17-35(6)49(58,62-38)46(55)47(56)50-23-13-12-16-39(50)48(57)61-37(21-18-36-19-22-40(51)45(26-36)60-8)27-41(52)33(4)25-34(5)43(54)29-42(53)32(3)24-30/h9-11,14-15,25,30,32-33,35-40,43-45,51,54,58H,12-13,16-24,26-29H2,1-8H3/b11-9+,14-10+,31-15+,34-25+/t30-,32+,33-,35+,36-,37-,38+,39-,40+,43-,44-,45-,49+/m0/s1. The zero-order chi connectivity index (χ0) is 45.7. The van der Waals surface area contributed by atoms with Gasteiger partial charge in [0.25, 0.3) is 11.7 Å². The van der Waals surface area contributed by atoms with Crippen molar-refractivity contribution < 1.29 is 58.2 Å². The van der Waals surface area contributed by atoms with E-state index in [0.717, 1.165) is 12.0 Å². The first kappa shape index (κ1) is 51.3. The molecule has 0 spiro atoms. The van der Waals surface area contributed by atoms with Gasteiger partial charge in [-0.3, -0.25) is 19.2 Å². The summed E-state index contributed by atoms with van der Waals surface area (Å²) in [6, 6.07) is -1.11. The number of carbonyl (C=O) groups is 5. The highest BCUT2D eigenvalue weighted by Crippen LogP contribution is 2.37. The number of nitrogens with zero attached hydrogens (tertiary/aromatic N) is 1. The minimum atomic E-state index is -2.41. The van der Waals surface area contributed by atoms with Crippen molar-refractivity contribution in [2.75, 3.05) is 20.8 Å². The number of Topliss-reactive ketones (excluding diaryl/α,β-unsaturated/α-hetero) is 3. The Morgan fingerprint density at radius 3 is 2.26 bits per heavy atom. The van der Waals surface area contributed by atoms with Crippen LogP contribution in [0.2, 0.25) is 0 Å². The molecule has 348 valence electrons. The maximum absolute atomic E-state index is 14.2. The predicted molar refractivity (Wildman–Crippen MR) is 234 cm³/mol. The number of hydrogen-bond acceptors (Lipinski definition) is 12. The number of piperidine rings is 1. The number of ketones is 3. The van der Waals surface area contributed by atoms with Gasteiger partial charge >= 0.3 is 5.97 Å². The molecule has 13 heteroatoms. The minimum absolute atomic E-state index is 0.0714. The highest BCUT2D eigenvalue weighted by atomic mass is 16.6. The van der Waals surface area contributed by atoms with E-state index in [1.807, 2.05) is 51.2 Å². The van der Waals surface area contributed by atoms with Gasteiger partial charge in [-0.15, -0.1) is 0 Å². The summed E-state index contributed by atoms with van der Waals surface area (Å²) in [4.78, 5) is 70.7. The molecular formula is C49H75NO12. The second-order valence-electron chi connectivity index (χ2n) is 18.7. The number of methoxy groups -OCH3 is 2. The molecule has 2 bridgehead atoms. The van der Waals surface area contributed by atoms with Gasteiger partial charge in [-0.1, -0.05) is 64.2 Å². The number of carbonyl (C=O) groups excluding carboxylic acids is 5. The number of esters is 1. The number of hydrogen-bond donors (Lipinski definition) is 3. The summed E-state index contributed by atoms with van der Waals surface area (Å²) in [5.74, 6) is -6.99. The van der Waals surface area contributed by atoms with Crippen LogP contribution in [0.15, 0.2) is 47.6 Å². The van der Waals surface area contributed by atoms with E-state index in [-0.39, 0.29) is 61.2 Å². The van der Waals surface area contributed by atoms with Gasteiger partial charge in [0.1, 0.15) is 23.7 Å². The van der Waals surface area contributed by atoms with Gasteiger partial charge in [0, 0.05) is 57.8 Å². The van der Waals surface area contributed by atoms with Crippen LogP contribution in [0.5, 0.6) is 0 Å². The summed E-state index contributed by atoms with van der Waals surface area (Å²) >= 11 is 0. The van der Waals surface area contributed by atoms with Gasteiger partial charge in [-0.2, -0.15) is 0 Å². The Morgan fingerprint density at radius 2 is 1.55 bits per heavy atom. The number of rotatable bonds is 5. The smallest absolute Gasteiger partial charge is 0.329 e. The lowest BCUT2D eigenvalue weighted by molar-refractivity contribution is -0.265. The van der Waals surface area contributed by atoms with Crippen LogP contribution in [0.3, 0.4) is 0 Å². The SMILES string of the molecule is CO[C@H]1C[C@H]2CC[C@@H](C)[C@@](O)(O2)C(=O)C(=O)N2CCCC[C@H]2C(=O)O[C@@H](CC[C@H]2CC[C@@H](O)[C@@H](OC)C2)CC(=O)[C@@H](C)/C=C(\C)[C@@H](O)CC(=O)[C@H](C)C[C@@H](C)/C=C/C=C/C=C/1C. The van der Waals surface area contributed by atoms with Crippen molar-refractivity contribution >= 4 is 29.2 Å². The molecule has 0 aromatic carbocycles. The average Bonchev–Trinajstić information content (AvgIpc) is 3.24. The summed E-state index contributed by atoms with van der Waals surface area (Å²) in [7, 11) is 3.15. The van der Waals surface area contributed by atoms with Crippen molar-refractivity contribution in [3.63, 3.8) is 0 Å². The predicted octanol–water partition coefficient (Wildman–Crippen LogP) is 6.31. The molecule has 1 aliphatic carbocycles. The topological polar surface area (TPSA) is 186 Å². The zero-order valence-electron chi connectivity index (χ0n) is 38.5. The molecule has 62 heavy (non-hydrogen) atoms. The van der Waals surface area contributed by atoms with Crippen molar-refractivity contribution in [2.24, 2.45) is 29.6 Å². The number of cyclic esters (lactones) is 1. The van der Waals surface area contributed by atoms with E-state index < -0.39 is 71.8 Å². The van der Waals surface area contributed by atoms with E-state index in [9.17, 15) is 39.3 Å². The van der Waals surface area contributed by atoms with Crippen molar-refractivity contribution in [3.05, 3.63) is 47.6 Å². The number of aliphatic hydroxyl groups excluding tert-OH is 2. The molecule has 13 atom stereocenters. The monoisotopic (exact) mass is 870 g/mol. The van der Waals surface area contributed by atoms with E-state index in [4.69, 9.17) is 18.9 Å². The fourth-order valence-electron chi connectivity index (χ4n) is 9.45. The molecule has 13 nitrogen and oxygen atoms in total. The van der Waals surface area contributed by atoms with E-state index in [0.29, 0.717) is 69.8 Å². The van der Waals surface area contributed by atoms with Gasteiger partial charge in [0.15, 0.2) is 0 Å². The highest BCUT2D eigenvalue weighted by molar-refractivity contribution is 6.39. The van der Waals surface area contributed by atoms with Gasteiger partial charge < -0.3 is 39.2 Å². The third kappa shape index (κ3) is 14.1. The van der Waals surface area contributed by atoms with E-state index in [1.54, 1.807) is 41.1 Å². The molecule has 0 aromatic heterocycles. The van der Waals surface area contributed by atoms with Crippen LogP contribution in [0, 0.1) is 29.6 Å². The molecular weight excluding hydrogens is 795 g/mol. The molecule has 3 heterocycles. The van der Waals surface area contributed by atoms with Crippen LogP contribution in [0.1, 0.15) is 131 Å². The number of allylic oxidation sites excluding steroid dienone is 6. The van der Waals surface area contributed by atoms with Crippen LogP contribution in [0.4, 0.5) is 0 Å². The zero-order valence-corrected chi connectivity index (χ0v) is 38.5. The number of fused-ring (bicyclic) bond motifs is 3. The van der Waals surface area contributed by atoms with E-state index >= 15 is 0 Å². The Hall–Kier alpha value is -3.33. The third-order valence-corrected chi connectivity index (χ3v) is 13.8. The van der Waals surface area contributed by atoms with Gasteiger partial charge in [0.05, 0.1) is 30.5 Å². The first-order valence-corrected chi connectivity index (χ1v) is 23.0. The fourth-order valence-corrected chi connectivity index (χ4v) is 9.45. The van der Waals surface area contributed by atoms with E-state index in [2.05, 4.69) is 0 Å². The summed E-state index contributed by atoms with van der Waals surface area (Å²) in [5, 5.41) is 33.3. The van der Waals surface area contributed by atoms with Crippen LogP contribution in [-0.4, -0.2) is 119 Å². The number of aliphatic hydroxyl groups is 3. The van der Waals surface area contributed by atoms with Gasteiger partial charge in [-0.25, -0.2) is 4.79 Å². The van der Waals surface area contributed by atoms with Crippen molar-refractivity contribution in [1.29, 1.82) is 0 Å². The molecule has 0 radical (unpaired) electrons. The average molecular weight is 870 g/mol. The van der Waals surface area contributed by atoms with E-state index in [1.165, 1.54) is 4.90 Å². The Kier molecular flexibility index (Phi) is 19.9. The number of ether oxygens (including phenoxy) is 4. The van der Waals surface area contributed by atoms with Crippen molar-refractivity contribution in [1.82, 2.24) is 4.90 Å². The second-order valence-corrected chi connectivity index (χ2v) is 18.7.